The molecule has 21 heavy (non-hydrogen) atoms. The number of carbonyl (C=O) groups is 3. The number of carboxylic acid groups (broad SMARTS) is 1. The maximum Gasteiger partial charge on any atom is 0.350 e. The number of ether oxygens (including phenoxy) is 2. The van der Waals surface area contributed by atoms with Gasteiger partial charge in [-0.05, 0) is 39.5 Å². The molecule has 1 aliphatic rings. The third-order valence-corrected chi connectivity index (χ3v) is 3.57. The van der Waals surface area contributed by atoms with Crippen LogP contribution in [0.2, 0.25) is 0 Å². The zero-order valence-electron chi connectivity index (χ0n) is 12.5. The molecule has 0 aliphatic heterocycles. The molecule has 1 aliphatic carbocycles. The van der Waals surface area contributed by atoms with Crippen LogP contribution in [0.4, 0.5) is 4.39 Å². The van der Waals surface area contributed by atoms with E-state index >= 15 is 0 Å². The van der Waals surface area contributed by atoms with Crippen LogP contribution in [0.1, 0.15) is 52.9 Å². The predicted octanol–water partition coefficient (Wildman–Crippen LogP) is 2.00. The van der Waals surface area contributed by atoms with E-state index in [2.05, 4.69) is 0 Å². The maximum atomic E-state index is 14.1. The molecule has 0 aromatic rings. The van der Waals surface area contributed by atoms with Gasteiger partial charge in [-0.3, -0.25) is 4.79 Å². The van der Waals surface area contributed by atoms with Crippen molar-refractivity contribution in [1.29, 1.82) is 0 Å². The summed E-state index contributed by atoms with van der Waals surface area (Å²) in [6, 6.07) is 0. The first-order valence-corrected chi connectivity index (χ1v) is 6.91. The summed E-state index contributed by atoms with van der Waals surface area (Å²) in [5, 5.41) is 8.91. The molecule has 0 amide bonds. The van der Waals surface area contributed by atoms with Gasteiger partial charge in [-0.1, -0.05) is 6.42 Å². The Kier molecular flexibility index (Phi) is 5.31. The average Bonchev–Trinajstić information content (AvgIpc) is 2.37. The normalized spacial score (nSPS) is 19.4. The van der Waals surface area contributed by atoms with Crippen LogP contribution in [0.3, 0.4) is 0 Å². The van der Waals surface area contributed by atoms with E-state index in [0.29, 0.717) is 12.8 Å². The van der Waals surface area contributed by atoms with E-state index in [1.54, 1.807) is 0 Å². The minimum atomic E-state index is -2.30. The molecule has 6 nitrogen and oxygen atoms in total. The van der Waals surface area contributed by atoms with Crippen LogP contribution in [0.15, 0.2) is 0 Å². The van der Waals surface area contributed by atoms with Crippen molar-refractivity contribution in [2.75, 3.05) is 0 Å². The molecule has 1 N–H and O–H groups in total. The number of hydrogen-bond donors (Lipinski definition) is 1. The summed E-state index contributed by atoms with van der Waals surface area (Å²) in [6.45, 7) is 3.78. The van der Waals surface area contributed by atoms with E-state index in [0.717, 1.165) is 13.3 Å². The molecule has 1 saturated carbocycles. The fraction of sp³-hybridized carbons (Fsp3) is 0.786. The molecule has 7 heteroatoms. The van der Waals surface area contributed by atoms with Crippen LogP contribution in [-0.2, 0) is 23.9 Å². The molecule has 0 aromatic heterocycles. The molecule has 0 saturated heterocycles. The lowest BCUT2D eigenvalue weighted by atomic mass is 9.81. The summed E-state index contributed by atoms with van der Waals surface area (Å²) < 4.78 is 24.1. The van der Waals surface area contributed by atoms with Gasteiger partial charge in [0.15, 0.2) is 5.60 Å². The van der Waals surface area contributed by atoms with E-state index in [9.17, 15) is 18.8 Å². The van der Waals surface area contributed by atoms with Gasteiger partial charge in [0.25, 0.3) is 0 Å². The predicted molar refractivity (Wildman–Crippen MR) is 70.3 cm³/mol. The molecular weight excluding hydrogens is 283 g/mol. The van der Waals surface area contributed by atoms with E-state index in [-0.39, 0.29) is 12.8 Å². The van der Waals surface area contributed by atoms with Crippen LogP contribution < -0.4 is 0 Å². The van der Waals surface area contributed by atoms with Crippen molar-refractivity contribution < 1.29 is 33.4 Å². The average molecular weight is 304 g/mol. The number of esters is 2. The second kappa shape index (κ2) is 6.41. The van der Waals surface area contributed by atoms with Gasteiger partial charge in [-0.2, -0.15) is 0 Å². The van der Waals surface area contributed by atoms with Gasteiger partial charge in [0, 0.05) is 6.92 Å². The smallest absolute Gasteiger partial charge is 0.350 e. The number of carbonyl (C=O) groups excluding carboxylic acids is 2. The minimum Gasteiger partial charge on any atom is -0.479 e. The van der Waals surface area contributed by atoms with Crippen molar-refractivity contribution >= 4 is 17.9 Å². The van der Waals surface area contributed by atoms with Gasteiger partial charge in [0.1, 0.15) is 0 Å². The van der Waals surface area contributed by atoms with Crippen molar-refractivity contribution in [2.24, 2.45) is 0 Å². The highest BCUT2D eigenvalue weighted by molar-refractivity contribution is 5.83. The van der Waals surface area contributed by atoms with E-state index in [1.165, 1.54) is 13.8 Å². The standard InChI is InChI=1S/C14H21FO6/c1-9(16)20-13(2,3)12(19)21-14(10(15)11(17)18)7-5-4-6-8-14/h10H,4-8H2,1-3H3,(H,17,18). The molecule has 0 radical (unpaired) electrons. The van der Waals surface area contributed by atoms with Crippen LogP contribution in [0.5, 0.6) is 0 Å². The number of carboxylic acids is 1. The topological polar surface area (TPSA) is 89.9 Å². The van der Waals surface area contributed by atoms with Gasteiger partial charge in [0.2, 0.25) is 11.8 Å². The Morgan fingerprint density at radius 3 is 2.14 bits per heavy atom. The lowest BCUT2D eigenvalue weighted by Gasteiger charge is -2.39. The van der Waals surface area contributed by atoms with Crippen molar-refractivity contribution in [3.63, 3.8) is 0 Å². The molecule has 1 atom stereocenters. The van der Waals surface area contributed by atoms with Crippen molar-refractivity contribution in [1.82, 2.24) is 0 Å². The van der Waals surface area contributed by atoms with Crippen LogP contribution in [-0.4, -0.2) is 40.4 Å². The SMILES string of the molecule is CC(=O)OC(C)(C)C(=O)OC1(C(F)C(=O)O)CCCCC1. The molecular formula is C14H21FO6. The Balaban J connectivity index is 2.94. The van der Waals surface area contributed by atoms with Crippen molar-refractivity contribution in [3.05, 3.63) is 0 Å². The number of halogens is 1. The largest absolute Gasteiger partial charge is 0.479 e. The summed E-state index contributed by atoms with van der Waals surface area (Å²) in [6.07, 6.45) is -0.0249. The molecule has 0 bridgehead atoms. The van der Waals surface area contributed by atoms with Crippen molar-refractivity contribution in [2.45, 2.75) is 70.2 Å². The summed E-state index contributed by atoms with van der Waals surface area (Å²) in [4.78, 5) is 34.1. The molecule has 1 rings (SSSR count). The number of aliphatic carboxylic acids is 1. The number of rotatable bonds is 5. The molecule has 0 heterocycles. The lowest BCUT2D eigenvalue weighted by molar-refractivity contribution is -0.201. The van der Waals surface area contributed by atoms with Crippen molar-refractivity contribution in [3.8, 4) is 0 Å². The molecule has 0 spiro atoms. The first-order valence-electron chi connectivity index (χ1n) is 6.91. The first kappa shape index (κ1) is 17.4. The van der Waals surface area contributed by atoms with Gasteiger partial charge >= 0.3 is 17.9 Å². The summed E-state index contributed by atoms with van der Waals surface area (Å²) in [7, 11) is 0. The molecule has 120 valence electrons. The third-order valence-electron chi connectivity index (χ3n) is 3.57. The summed E-state index contributed by atoms with van der Waals surface area (Å²) in [5.74, 6) is -3.27. The summed E-state index contributed by atoms with van der Waals surface area (Å²) >= 11 is 0. The zero-order chi connectivity index (χ0) is 16.3. The highest BCUT2D eigenvalue weighted by atomic mass is 19.1. The fourth-order valence-corrected chi connectivity index (χ4v) is 2.49. The van der Waals surface area contributed by atoms with Gasteiger partial charge in [-0.15, -0.1) is 0 Å². The Hall–Kier alpha value is -1.66. The van der Waals surface area contributed by atoms with E-state index in [4.69, 9.17) is 14.6 Å². The highest BCUT2D eigenvalue weighted by Crippen LogP contribution is 2.37. The molecule has 0 aromatic carbocycles. The van der Waals surface area contributed by atoms with Crippen LogP contribution in [0, 0.1) is 0 Å². The van der Waals surface area contributed by atoms with E-state index in [1.807, 2.05) is 0 Å². The second-order valence-corrected chi connectivity index (χ2v) is 5.82. The Bertz CT molecular complexity index is 425. The van der Waals surface area contributed by atoms with Crippen LogP contribution >= 0.6 is 0 Å². The van der Waals surface area contributed by atoms with Crippen LogP contribution in [0.25, 0.3) is 0 Å². The summed E-state index contributed by atoms with van der Waals surface area (Å²) in [5.41, 5.74) is -3.27. The molecule has 1 unspecified atom stereocenters. The monoisotopic (exact) mass is 304 g/mol. The van der Waals surface area contributed by atoms with Gasteiger partial charge in [-0.25, -0.2) is 14.0 Å². The third kappa shape index (κ3) is 4.15. The Morgan fingerprint density at radius 1 is 1.19 bits per heavy atom. The van der Waals surface area contributed by atoms with Gasteiger partial charge in [0.05, 0.1) is 0 Å². The first-order chi connectivity index (χ1) is 9.61. The Morgan fingerprint density at radius 2 is 1.71 bits per heavy atom. The Labute approximate surface area is 122 Å². The lowest BCUT2D eigenvalue weighted by Crippen LogP contribution is -2.53. The maximum absolute atomic E-state index is 14.1. The second-order valence-electron chi connectivity index (χ2n) is 5.82. The zero-order valence-corrected chi connectivity index (χ0v) is 12.5. The van der Waals surface area contributed by atoms with E-state index < -0.39 is 35.3 Å². The number of alkyl halides is 1. The van der Waals surface area contributed by atoms with Gasteiger partial charge < -0.3 is 14.6 Å². The highest BCUT2D eigenvalue weighted by Gasteiger charge is 2.50. The minimum absolute atomic E-state index is 0.141. The number of hydrogen-bond acceptors (Lipinski definition) is 5. The fourth-order valence-electron chi connectivity index (χ4n) is 2.49. The molecule has 1 fully saturated rings. The quantitative estimate of drug-likeness (QED) is 0.781.